The van der Waals surface area contributed by atoms with Gasteiger partial charge in [-0.25, -0.2) is 13.6 Å². The maximum Gasteiger partial charge on any atom is 0.345 e. The van der Waals surface area contributed by atoms with Gasteiger partial charge in [0.2, 0.25) is 5.91 Å². The molecule has 1 aliphatic rings. The minimum atomic E-state index is -1.18. The highest BCUT2D eigenvalue weighted by Gasteiger charge is 2.40. The summed E-state index contributed by atoms with van der Waals surface area (Å²) in [6, 6.07) is 4.43. The lowest BCUT2D eigenvalue weighted by molar-refractivity contribution is -0.120. The number of thiophene rings is 1. The van der Waals surface area contributed by atoms with Gasteiger partial charge in [-0.2, -0.15) is 0 Å². The van der Waals surface area contributed by atoms with Gasteiger partial charge in [-0.3, -0.25) is 9.59 Å². The lowest BCUT2D eigenvalue weighted by Crippen LogP contribution is -2.42. The van der Waals surface area contributed by atoms with Crippen LogP contribution in [-0.4, -0.2) is 29.8 Å². The Morgan fingerprint density at radius 2 is 1.96 bits per heavy atom. The molecule has 1 aliphatic heterocycles. The average Bonchev–Trinajstić information content (AvgIpc) is 2.99. The second-order valence-electron chi connectivity index (χ2n) is 5.40. The summed E-state index contributed by atoms with van der Waals surface area (Å²) < 4.78 is 26.3. The Bertz CT molecular complexity index is 877. The summed E-state index contributed by atoms with van der Waals surface area (Å²) in [6.45, 7) is 0. The zero-order chi connectivity index (χ0) is 17.6. The molecular weight excluding hydrogens is 340 g/mol. The molecule has 2 aromatic rings. The number of anilines is 1. The molecule has 3 rings (SSSR count). The number of aromatic carboxylic acids is 1. The third-order valence-corrected chi connectivity index (χ3v) is 5.06. The van der Waals surface area contributed by atoms with Crippen LogP contribution in [0.15, 0.2) is 24.3 Å². The predicted molar refractivity (Wildman–Crippen MR) is 82.6 cm³/mol. The molecule has 0 saturated heterocycles. The average molecular weight is 351 g/mol. The van der Waals surface area contributed by atoms with Gasteiger partial charge in [-0.05, 0) is 30.2 Å². The first-order chi connectivity index (χ1) is 11.3. The van der Waals surface area contributed by atoms with Crippen LogP contribution in [0.2, 0.25) is 0 Å². The summed E-state index contributed by atoms with van der Waals surface area (Å²) >= 11 is 0.847. The number of amides is 1. The highest BCUT2D eigenvalue weighted by atomic mass is 32.1. The van der Waals surface area contributed by atoms with E-state index in [0.717, 1.165) is 23.5 Å². The number of rotatable bonds is 3. The van der Waals surface area contributed by atoms with Crippen LogP contribution in [0.3, 0.4) is 0 Å². The van der Waals surface area contributed by atoms with Gasteiger partial charge in [0.25, 0.3) is 0 Å². The number of carbonyl (C=O) groups excluding carboxylic acids is 2. The van der Waals surface area contributed by atoms with Crippen LogP contribution in [-0.2, 0) is 11.2 Å². The van der Waals surface area contributed by atoms with Crippen molar-refractivity contribution in [3.63, 3.8) is 0 Å². The van der Waals surface area contributed by atoms with E-state index in [9.17, 15) is 23.2 Å². The molecule has 0 spiro atoms. The fourth-order valence-corrected chi connectivity index (χ4v) is 3.60. The maximum atomic E-state index is 13.3. The van der Waals surface area contributed by atoms with E-state index in [1.54, 1.807) is 0 Å². The van der Waals surface area contributed by atoms with Gasteiger partial charge >= 0.3 is 5.97 Å². The first-order valence-corrected chi connectivity index (χ1v) is 7.74. The fourth-order valence-electron chi connectivity index (χ4n) is 2.63. The van der Waals surface area contributed by atoms with Gasteiger partial charge < -0.3 is 10.0 Å². The molecule has 0 bridgehead atoms. The monoisotopic (exact) mass is 351 g/mol. The normalized spacial score (nSPS) is 17.1. The molecule has 1 amide bonds. The third-order valence-electron chi connectivity index (χ3n) is 3.86. The number of ketones is 1. The lowest BCUT2D eigenvalue weighted by atomic mass is 9.88. The van der Waals surface area contributed by atoms with E-state index >= 15 is 0 Å². The Kier molecular flexibility index (Phi) is 3.92. The Morgan fingerprint density at radius 1 is 1.25 bits per heavy atom. The zero-order valence-corrected chi connectivity index (χ0v) is 13.2. The van der Waals surface area contributed by atoms with Crippen LogP contribution in [0.1, 0.15) is 25.6 Å². The third kappa shape index (κ3) is 2.58. The van der Waals surface area contributed by atoms with E-state index in [1.807, 2.05) is 0 Å². The van der Waals surface area contributed by atoms with Crippen molar-refractivity contribution < 1.29 is 28.3 Å². The quantitative estimate of drug-likeness (QED) is 0.863. The topological polar surface area (TPSA) is 74.7 Å². The zero-order valence-electron chi connectivity index (χ0n) is 12.4. The van der Waals surface area contributed by atoms with Gasteiger partial charge in [0.05, 0.1) is 5.56 Å². The van der Waals surface area contributed by atoms with Crippen LogP contribution >= 0.6 is 11.3 Å². The van der Waals surface area contributed by atoms with Crippen molar-refractivity contribution in [3.05, 3.63) is 51.9 Å². The summed E-state index contributed by atoms with van der Waals surface area (Å²) in [7, 11) is 1.45. The summed E-state index contributed by atoms with van der Waals surface area (Å²) in [5.41, 5.74) is 0.471. The van der Waals surface area contributed by atoms with Crippen LogP contribution in [0.25, 0.3) is 0 Å². The van der Waals surface area contributed by atoms with E-state index in [4.69, 9.17) is 5.11 Å². The van der Waals surface area contributed by atoms with Gasteiger partial charge in [-0.1, -0.05) is 6.07 Å². The molecule has 1 aromatic carbocycles. The van der Waals surface area contributed by atoms with Crippen molar-refractivity contribution in [2.24, 2.45) is 5.92 Å². The molecule has 0 aliphatic carbocycles. The first kappa shape index (κ1) is 16.3. The summed E-state index contributed by atoms with van der Waals surface area (Å²) in [6.07, 6.45) is -0.0864. The Hall–Kier alpha value is -2.61. The smallest absolute Gasteiger partial charge is 0.345 e. The predicted octanol–water partition coefficient (Wildman–Crippen LogP) is 2.74. The van der Waals surface area contributed by atoms with E-state index < -0.39 is 35.2 Å². The lowest BCUT2D eigenvalue weighted by Gasteiger charge is -2.28. The molecule has 0 fully saturated rings. The van der Waals surface area contributed by atoms with E-state index in [-0.39, 0.29) is 21.9 Å². The number of Topliss-reactive ketones (excluding diaryl/α,β-unsaturated/α-hetero) is 1. The molecular formula is C16H11F2NO4S. The molecule has 1 unspecified atom stereocenters. The molecule has 0 radical (unpaired) electrons. The molecule has 0 saturated carbocycles. The van der Waals surface area contributed by atoms with Crippen molar-refractivity contribution in [1.82, 2.24) is 0 Å². The number of carbonyl (C=O) groups is 3. The SMILES string of the molecule is CN1C(=O)C(Cc2ccc(F)c(F)c2)C(=O)c2cc(C(=O)O)sc21. The van der Waals surface area contributed by atoms with E-state index in [1.165, 1.54) is 24.1 Å². The summed E-state index contributed by atoms with van der Waals surface area (Å²) in [5, 5.41) is 9.33. The molecule has 1 atom stereocenters. The molecule has 5 nitrogen and oxygen atoms in total. The largest absolute Gasteiger partial charge is 0.477 e. The number of carboxylic acids is 1. The second-order valence-corrected chi connectivity index (χ2v) is 6.43. The van der Waals surface area contributed by atoms with Crippen LogP contribution in [0.4, 0.5) is 13.8 Å². The van der Waals surface area contributed by atoms with Crippen molar-refractivity contribution in [2.45, 2.75) is 6.42 Å². The Morgan fingerprint density at radius 3 is 2.58 bits per heavy atom. The standard InChI is InChI=1S/C16H11F2NO4S/c1-19-14(21)8(4-7-2-3-10(17)11(18)5-7)13(20)9-6-12(16(22)23)24-15(9)19/h2-3,5-6,8H,4H2,1H3,(H,22,23). The van der Waals surface area contributed by atoms with Crippen LogP contribution in [0.5, 0.6) is 0 Å². The molecule has 24 heavy (non-hydrogen) atoms. The second kappa shape index (κ2) is 5.79. The van der Waals surface area contributed by atoms with Crippen LogP contribution in [0, 0.1) is 17.6 Å². The minimum Gasteiger partial charge on any atom is -0.477 e. The van der Waals surface area contributed by atoms with Crippen LogP contribution < -0.4 is 4.90 Å². The number of halogens is 2. The van der Waals surface area contributed by atoms with Crippen molar-refractivity contribution >= 4 is 34.0 Å². The maximum absolute atomic E-state index is 13.3. The summed E-state index contributed by atoms with van der Waals surface area (Å²) in [4.78, 5) is 37.3. The number of fused-ring (bicyclic) bond motifs is 1. The number of hydrogen-bond donors (Lipinski definition) is 1. The minimum absolute atomic E-state index is 0.0403. The molecule has 124 valence electrons. The fraction of sp³-hybridized carbons (Fsp3) is 0.188. The number of hydrogen-bond acceptors (Lipinski definition) is 4. The highest BCUT2D eigenvalue weighted by molar-refractivity contribution is 7.18. The number of carboxylic acid groups (broad SMARTS) is 1. The number of benzene rings is 1. The summed E-state index contributed by atoms with van der Waals surface area (Å²) in [5.74, 6) is -5.36. The van der Waals surface area contributed by atoms with Gasteiger partial charge in [0.1, 0.15) is 15.8 Å². The highest BCUT2D eigenvalue weighted by Crippen LogP contribution is 2.38. The number of nitrogens with zero attached hydrogens (tertiary/aromatic N) is 1. The van der Waals surface area contributed by atoms with Gasteiger partial charge in [0.15, 0.2) is 17.4 Å². The Labute approximate surface area is 139 Å². The van der Waals surface area contributed by atoms with Gasteiger partial charge in [-0.15, -0.1) is 11.3 Å². The molecule has 1 N–H and O–H groups in total. The Balaban J connectivity index is 1.97. The van der Waals surface area contributed by atoms with Crippen molar-refractivity contribution in [2.75, 3.05) is 11.9 Å². The molecule has 2 heterocycles. The molecule has 1 aromatic heterocycles. The van der Waals surface area contributed by atoms with E-state index in [2.05, 4.69) is 0 Å². The van der Waals surface area contributed by atoms with Crippen molar-refractivity contribution in [3.8, 4) is 0 Å². The van der Waals surface area contributed by atoms with Crippen molar-refractivity contribution in [1.29, 1.82) is 0 Å². The van der Waals surface area contributed by atoms with Gasteiger partial charge in [0, 0.05) is 7.05 Å². The first-order valence-electron chi connectivity index (χ1n) is 6.92. The molecule has 8 heteroatoms. The van der Waals surface area contributed by atoms with E-state index in [0.29, 0.717) is 5.56 Å².